The second kappa shape index (κ2) is 5.64. The minimum absolute atomic E-state index is 0.102. The number of thiocarbonyl (C=S) groups is 1. The van der Waals surface area contributed by atoms with Crippen LogP contribution >= 0.6 is 12.2 Å². The molecule has 5 heteroatoms. The van der Waals surface area contributed by atoms with E-state index < -0.39 is 0 Å². The monoisotopic (exact) mass is 201 g/mol. The summed E-state index contributed by atoms with van der Waals surface area (Å²) in [6.07, 6.45) is 0.372. The van der Waals surface area contributed by atoms with Crippen LogP contribution in [0.4, 0.5) is 0 Å². The van der Waals surface area contributed by atoms with E-state index in [-0.39, 0.29) is 5.78 Å². The van der Waals surface area contributed by atoms with Crippen LogP contribution in [0.1, 0.15) is 20.3 Å². The Labute approximate surface area is 84.0 Å². The van der Waals surface area contributed by atoms with E-state index in [0.29, 0.717) is 11.5 Å². The lowest BCUT2D eigenvalue weighted by Gasteiger charge is -2.14. The molecule has 74 valence electrons. The van der Waals surface area contributed by atoms with Crippen LogP contribution in [0.15, 0.2) is 5.10 Å². The molecule has 0 saturated carbocycles. The Morgan fingerprint density at radius 1 is 1.54 bits per heavy atom. The molecule has 0 heterocycles. The summed E-state index contributed by atoms with van der Waals surface area (Å²) in [5.74, 6) is 0.102. The first-order valence-corrected chi connectivity index (χ1v) is 4.37. The molecule has 0 aromatic rings. The first-order valence-electron chi connectivity index (χ1n) is 3.96. The lowest BCUT2D eigenvalue weighted by molar-refractivity contribution is -0.115. The third-order valence-corrected chi connectivity index (χ3v) is 1.80. The van der Waals surface area contributed by atoms with Crippen molar-refractivity contribution >= 4 is 28.8 Å². The summed E-state index contributed by atoms with van der Waals surface area (Å²) < 4.78 is 0. The molecule has 0 unspecified atom stereocenters. The van der Waals surface area contributed by atoms with Gasteiger partial charge in [0.15, 0.2) is 5.11 Å². The Morgan fingerprint density at radius 3 is 2.46 bits per heavy atom. The van der Waals surface area contributed by atoms with Crippen LogP contribution in [0.5, 0.6) is 0 Å². The summed E-state index contributed by atoms with van der Waals surface area (Å²) in [5.41, 5.74) is 0.757. The number of hydrogen-bond acceptors (Lipinski definition) is 3. The van der Waals surface area contributed by atoms with Crippen molar-refractivity contribution < 1.29 is 4.79 Å². The van der Waals surface area contributed by atoms with E-state index in [0.717, 1.165) is 5.71 Å². The van der Waals surface area contributed by atoms with Crippen molar-refractivity contribution in [1.82, 2.24) is 10.3 Å². The largest absolute Gasteiger partial charge is 0.364 e. The number of carbonyl (C=O) groups excluding carboxylic acids is 1. The van der Waals surface area contributed by atoms with E-state index >= 15 is 0 Å². The molecule has 0 aliphatic heterocycles. The molecule has 0 rings (SSSR count). The van der Waals surface area contributed by atoms with Crippen LogP contribution in [-0.4, -0.2) is 35.7 Å². The number of carbonyl (C=O) groups is 1. The summed E-state index contributed by atoms with van der Waals surface area (Å²) in [6.45, 7) is 3.34. The molecule has 1 N–H and O–H groups in total. The van der Waals surface area contributed by atoms with Gasteiger partial charge in [0.05, 0.1) is 0 Å². The zero-order chi connectivity index (χ0) is 10.4. The zero-order valence-corrected chi connectivity index (χ0v) is 9.23. The summed E-state index contributed by atoms with van der Waals surface area (Å²) in [4.78, 5) is 10.7. The average Bonchev–Trinajstić information content (AvgIpc) is 2.01. The first kappa shape index (κ1) is 12.0. The van der Waals surface area contributed by atoms with Gasteiger partial charge in [-0.25, -0.2) is 5.01 Å². The van der Waals surface area contributed by atoms with Gasteiger partial charge >= 0.3 is 0 Å². The Morgan fingerprint density at radius 2 is 2.08 bits per heavy atom. The minimum atomic E-state index is 0.102. The highest BCUT2D eigenvalue weighted by Crippen LogP contribution is 1.92. The van der Waals surface area contributed by atoms with Crippen molar-refractivity contribution in [2.75, 3.05) is 14.1 Å². The first-order chi connectivity index (χ1) is 5.97. The number of rotatable bonds is 3. The Hall–Kier alpha value is -0.970. The second-order valence-electron chi connectivity index (χ2n) is 2.79. The van der Waals surface area contributed by atoms with Crippen molar-refractivity contribution in [2.24, 2.45) is 5.10 Å². The minimum Gasteiger partial charge on any atom is -0.364 e. The molecule has 0 amide bonds. The molecular formula is C8H15N3OS. The molecule has 0 aliphatic carbocycles. The normalized spacial score (nSPS) is 10.9. The van der Waals surface area contributed by atoms with Gasteiger partial charge in [-0.15, -0.1) is 0 Å². The maximum atomic E-state index is 10.7. The lowest BCUT2D eigenvalue weighted by Crippen LogP contribution is -2.31. The molecular weight excluding hydrogens is 186 g/mol. The van der Waals surface area contributed by atoms with Crippen molar-refractivity contribution in [3.05, 3.63) is 0 Å². The summed E-state index contributed by atoms with van der Waals surface area (Å²) in [7, 11) is 3.47. The molecule has 13 heavy (non-hydrogen) atoms. The number of Topliss-reactive ketones (excluding diaryl/α,β-unsaturated/α-hetero) is 1. The predicted octanol–water partition coefficient (Wildman–Crippen LogP) is 0.777. The molecule has 0 aromatic carbocycles. The standard InChI is InChI=1S/C8H15N3OS/c1-6(5-7(2)12)10-11(4)8(13)9-3/h5H2,1-4H3,(H,9,13). The lowest BCUT2D eigenvalue weighted by atomic mass is 10.2. The fraction of sp³-hybridized carbons (Fsp3) is 0.625. The quantitative estimate of drug-likeness (QED) is 0.416. The van der Waals surface area contributed by atoms with Gasteiger partial charge in [-0.2, -0.15) is 5.10 Å². The van der Waals surface area contributed by atoms with Gasteiger partial charge in [0.25, 0.3) is 0 Å². The van der Waals surface area contributed by atoms with Crippen LogP contribution in [0, 0.1) is 0 Å². The van der Waals surface area contributed by atoms with Crippen molar-refractivity contribution in [3.8, 4) is 0 Å². The molecule has 0 radical (unpaired) electrons. The predicted molar refractivity (Wildman–Crippen MR) is 57.8 cm³/mol. The SMILES string of the molecule is CNC(=S)N(C)N=C(C)CC(C)=O. The maximum absolute atomic E-state index is 10.7. The molecule has 0 saturated heterocycles. The fourth-order valence-corrected chi connectivity index (χ4v) is 0.900. The zero-order valence-electron chi connectivity index (χ0n) is 8.42. The van der Waals surface area contributed by atoms with Gasteiger partial charge in [0, 0.05) is 26.2 Å². The van der Waals surface area contributed by atoms with Crippen LogP contribution in [0.3, 0.4) is 0 Å². The maximum Gasteiger partial charge on any atom is 0.189 e. The van der Waals surface area contributed by atoms with Gasteiger partial charge in [0.2, 0.25) is 0 Å². The molecule has 0 aromatic heterocycles. The van der Waals surface area contributed by atoms with Gasteiger partial charge in [-0.05, 0) is 26.1 Å². The summed E-state index contributed by atoms with van der Waals surface area (Å²) in [5, 5.41) is 8.97. The van der Waals surface area contributed by atoms with Crippen molar-refractivity contribution in [2.45, 2.75) is 20.3 Å². The number of ketones is 1. The molecule has 0 spiro atoms. The number of hydrazone groups is 1. The number of nitrogens with zero attached hydrogens (tertiary/aromatic N) is 2. The highest BCUT2D eigenvalue weighted by Gasteiger charge is 2.01. The van der Waals surface area contributed by atoms with E-state index in [1.807, 2.05) is 0 Å². The number of nitrogens with one attached hydrogen (secondary N) is 1. The summed E-state index contributed by atoms with van der Waals surface area (Å²) in [6, 6.07) is 0. The molecule has 0 aliphatic rings. The third kappa shape index (κ3) is 5.30. The highest BCUT2D eigenvalue weighted by atomic mass is 32.1. The number of hydrogen-bond donors (Lipinski definition) is 1. The van der Waals surface area contributed by atoms with E-state index in [1.165, 1.54) is 11.9 Å². The molecule has 0 bridgehead atoms. The van der Waals surface area contributed by atoms with Crippen LogP contribution in [0.25, 0.3) is 0 Å². The third-order valence-electron chi connectivity index (χ3n) is 1.33. The van der Waals surface area contributed by atoms with Crippen LogP contribution in [0.2, 0.25) is 0 Å². The van der Waals surface area contributed by atoms with E-state index in [1.54, 1.807) is 21.0 Å². The van der Waals surface area contributed by atoms with Crippen LogP contribution < -0.4 is 5.32 Å². The summed E-state index contributed by atoms with van der Waals surface area (Å²) >= 11 is 4.93. The average molecular weight is 201 g/mol. The Kier molecular flexibility index (Phi) is 5.22. The molecule has 0 atom stereocenters. The van der Waals surface area contributed by atoms with Gasteiger partial charge in [-0.1, -0.05) is 0 Å². The topological polar surface area (TPSA) is 44.7 Å². The van der Waals surface area contributed by atoms with Crippen molar-refractivity contribution in [3.63, 3.8) is 0 Å². The molecule has 4 nitrogen and oxygen atoms in total. The van der Waals surface area contributed by atoms with E-state index in [4.69, 9.17) is 12.2 Å². The molecule has 0 fully saturated rings. The van der Waals surface area contributed by atoms with Gasteiger partial charge in [0.1, 0.15) is 5.78 Å². The fourth-order valence-electron chi connectivity index (χ4n) is 0.859. The van der Waals surface area contributed by atoms with Gasteiger partial charge < -0.3 is 5.32 Å². The van der Waals surface area contributed by atoms with E-state index in [2.05, 4.69) is 10.4 Å². The van der Waals surface area contributed by atoms with Crippen LogP contribution in [-0.2, 0) is 4.79 Å². The highest BCUT2D eigenvalue weighted by molar-refractivity contribution is 7.80. The van der Waals surface area contributed by atoms with Crippen molar-refractivity contribution in [1.29, 1.82) is 0 Å². The second-order valence-corrected chi connectivity index (χ2v) is 3.18. The smallest absolute Gasteiger partial charge is 0.189 e. The Bertz CT molecular complexity index is 238. The van der Waals surface area contributed by atoms with E-state index in [9.17, 15) is 4.79 Å². The Balaban J connectivity index is 4.21. The van der Waals surface area contributed by atoms with Gasteiger partial charge in [-0.3, -0.25) is 4.79 Å².